The molecule has 2 N–H and O–H groups in total. The highest BCUT2D eigenvalue weighted by atomic mass is 79.9. The molecule has 1 atom stereocenters. The lowest BCUT2D eigenvalue weighted by Crippen LogP contribution is -2.15. The van der Waals surface area contributed by atoms with Crippen molar-refractivity contribution in [1.82, 2.24) is 10.1 Å². The van der Waals surface area contributed by atoms with Crippen LogP contribution >= 0.6 is 31.9 Å². The van der Waals surface area contributed by atoms with E-state index in [2.05, 4.69) is 42.0 Å². The van der Waals surface area contributed by atoms with Crippen molar-refractivity contribution in [1.29, 1.82) is 0 Å². The molecular formula is C13H15Br2N3O. The molecule has 1 aromatic carbocycles. The maximum absolute atomic E-state index is 6.17. The highest BCUT2D eigenvalue weighted by Crippen LogP contribution is 2.28. The van der Waals surface area contributed by atoms with Crippen LogP contribution in [0.25, 0.3) is 0 Å². The lowest BCUT2D eigenvalue weighted by atomic mass is 9.97. The van der Waals surface area contributed by atoms with E-state index in [0.717, 1.165) is 14.5 Å². The molecule has 0 amide bonds. The number of rotatable bonds is 2. The van der Waals surface area contributed by atoms with E-state index in [9.17, 15) is 0 Å². The quantitative estimate of drug-likeness (QED) is 0.845. The van der Waals surface area contributed by atoms with Gasteiger partial charge >= 0.3 is 0 Å². The first-order chi connectivity index (χ1) is 8.79. The van der Waals surface area contributed by atoms with Gasteiger partial charge in [-0.15, -0.1) is 0 Å². The number of nitrogens with zero attached hydrogens (tertiary/aromatic N) is 2. The Morgan fingerprint density at radius 1 is 1.21 bits per heavy atom. The average Bonchev–Trinajstić information content (AvgIpc) is 2.81. The summed E-state index contributed by atoms with van der Waals surface area (Å²) in [6.07, 6.45) is 0. The molecule has 102 valence electrons. The zero-order valence-corrected chi connectivity index (χ0v) is 14.1. The van der Waals surface area contributed by atoms with Crippen LogP contribution < -0.4 is 5.73 Å². The van der Waals surface area contributed by atoms with E-state index in [1.807, 2.05) is 39.0 Å². The van der Waals surface area contributed by atoms with Gasteiger partial charge in [0, 0.05) is 14.4 Å². The predicted molar refractivity (Wildman–Crippen MR) is 80.9 cm³/mol. The van der Waals surface area contributed by atoms with Gasteiger partial charge in [-0.3, -0.25) is 0 Å². The Bertz CT molecular complexity index is 590. The van der Waals surface area contributed by atoms with Crippen LogP contribution in [0.2, 0.25) is 0 Å². The molecule has 0 aliphatic rings. The summed E-state index contributed by atoms with van der Waals surface area (Å²) in [6.45, 7) is 6.06. The van der Waals surface area contributed by atoms with Crippen LogP contribution in [0.4, 0.5) is 0 Å². The van der Waals surface area contributed by atoms with Crippen molar-refractivity contribution in [2.45, 2.75) is 32.2 Å². The minimum atomic E-state index is -0.399. The summed E-state index contributed by atoms with van der Waals surface area (Å²) < 4.78 is 7.19. The van der Waals surface area contributed by atoms with E-state index in [1.165, 1.54) is 0 Å². The molecule has 1 heterocycles. The Morgan fingerprint density at radius 3 is 2.42 bits per heavy atom. The van der Waals surface area contributed by atoms with Crippen LogP contribution in [0.15, 0.2) is 31.7 Å². The van der Waals surface area contributed by atoms with Crippen molar-refractivity contribution in [2.24, 2.45) is 5.73 Å². The third-order valence-corrected chi connectivity index (χ3v) is 4.54. The molecule has 0 radical (unpaired) electrons. The minimum absolute atomic E-state index is 0.175. The van der Waals surface area contributed by atoms with Gasteiger partial charge in [0.1, 0.15) is 0 Å². The topological polar surface area (TPSA) is 64.9 Å². The highest BCUT2D eigenvalue weighted by molar-refractivity contribution is 9.13. The molecule has 0 saturated heterocycles. The maximum Gasteiger partial charge on any atom is 0.232 e. The second-order valence-electron chi connectivity index (χ2n) is 5.36. The Labute approximate surface area is 129 Å². The van der Waals surface area contributed by atoms with Gasteiger partial charge in [0.15, 0.2) is 5.82 Å². The molecule has 0 spiro atoms. The summed E-state index contributed by atoms with van der Waals surface area (Å²) in [5, 5.41) is 3.97. The third-order valence-electron chi connectivity index (χ3n) is 2.66. The first-order valence-electron chi connectivity index (χ1n) is 5.83. The maximum atomic E-state index is 6.17. The van der Waals surface area contributed by atoms with Crippen molar-refractivity contribution in [3.8, 4) is 0 Å². The summed E-state index contributed by atoms with van der Waals surface area (Å²) in [6, 6.07) is 5.42. The largest absolute Gasteiger partial charge is 0.339 e. The Hall–Kier alpha value is -0.720. The van der Waals surface area contributed by atoms with Crippen LogP contribution in [-0.2, 0) is 5.41 Å². The van der Waals surface area contributed by atoms with Crippen LogP contribution in [0.3, 0.4) is 0 Å². The fourth-order valence-electron chi connectivity index (χ4n) is 1.52. The van der Waals surface area contributed by atoms with Crippen molar-refractivity contribution in [3.05, 3.63) is 44.4 Å². The standard InChI is InChI=1S/C13H15Br2N3O/c1-13(2,3)12-17-11(18-19-12)10(16)7-4-5-8(14)9(15)6-7/h4-6,10H,16H2,1-3H3. The number of benzene rings is 1. The van der Waals surface area contributed by atoms with Crippen LogP contribution in [0.1, 0.15) is 44.1 Å². The van der Waals surface area contributed by atoms with Gasteiger partial charge in [0.05, 0.1) is 6.04 Å². The molecule has 0 aliphatic carbocycles. The first-order valence-corrected chi connectivity index (χ1v) is 7.42. The van der Waals surface area contributed by atoms with E-state index in [4.69, 9.17) is 10.3 Å². The van der Waals surface area contributed by atoms with Crippen molar-refractivity contribution < 1.29 is 4.52 Å². The summed E-state index contributed by atoms with van der Waals surface area (Å²) in [5.41, 5.74) is 6.92. The number of nitrogens with two attached hydrogens (primary N) is 1. The molecule has 6 heteroatoms. The van der Waals surface area contributed by atoms with Crippen molar-refractivity contribution in [3.63, 3.8) is 0 Å². The minimum Gasteiger partial charge on any atom is -0.339 e. The molecule has 0 fully saturated rings. The van der Waals surface area contributed by atoms with Gasteiger partial charge in [0.2, 0.25) is 5.89 Å². The first kappa shape index (κ1) is 14.7. The number of hydrogen-bond acceptors (Lipinski definition) is 4. The summed E-state index contributed by atoms with van der Waals surface area (Å²) >= 11 is 6.88. The monoisotopic (exact) mass is 387 g/mol. The molecule has 0 saturated carbocycles. The van der Waals surface area contributed by atoms with Crippen LogP contribution in [-0.4, -0.2) is 10.1 Å². The molecule has 2 rings (SSSR count). The van der Waals surface area contributed by atoms with Crippen LogP contribution in [0, 0.1) is 0 Å². The van der Waals surface area contributed by atoms with Gasteiger partial charge in [-0.25, -0.2) is 0 Å². The molecular weight excluding hydrogens is 374 g/mol. The number of aromatic nitrogens is 2. The predicted octanol–water partition coefficient (Wildman–Crippen LogP) is 3.94. The zero-order valence-electron chi connectivity index (χ0n) is 10.9. The second kappa shape index (κ2) is 5.34. The van der Waals surface area contributed by atoms with Gasteiger partial charge < -0.3 is 10.3 Å². The summed E-state index contributed by atoms with van der Waals surface area (Å²) in [4.78, 5) is 4.38. The van der Waals surface area contributed by atoms with Gasteiger partial charge in [-0.05, 0) is 49.6 Å². The van der Waals surface area contributed by atoms with Crippen molar-refractivity contribution >= 4 is 31.9 Å². The third kappa shape index (κ3) is 3.24. The smallest absolute Gasteiger partial charge is 0.232 e. The fraction of sp³-hybridized carbons (Fsp3) is 0.385. The Kier molecular flexibility index (Phi) is 4.13. The van der Waals surface area contributed by atoms with E-state index < -0.39 is 6.04 Å². The number of halogens is 2. The van der Waals surface area contributed by atoms with E-state index in [-0.39, 0.29) is 5.41 Å². The van der Waals surface area contributed by atoms with Crippen LogP contribution in [0.5, 0.6) is 0 Å². The Morgan fingerprint density at radius 2 is 1.89 bits per heavy atom. The molecule has 19 heavy (non-hydrogen) atoms. The van der Waals surface area contributed by atoms with Crippen molar-refractivity contribution in [2.75, 3.05) is 0 Å². The molecule has 0 bridgehead atoms. The fourth-order valence-corrected chi connectivity index (χ4v) is 2.16. The molecule has 4 nitrogen and oxygen atoms in total. The van der Waals surface area contributed by atoms with Gasteiger partial charge in [-0.2, -0.15) is 4.98 Å². The van der Waals surface area contributed by atoms with E-state index >= 15 is 0 Å². The molecule has 0 aliphatic heterocycles. The summed E-state index contributed by atoms with van der Waals surface area (Å²) in [5.74, 6) is 1.09. The number of hydrogen-bond donors (Lipinski definition) is 1. The lowest BCUT2D eigenvalue weighted by Gasteiger charge is -2.11. The van der Waals surface area contributed by atoms with E-state index in [0.29, 0.717) is 11.7 Å². The molecule has 1 unspecified atom stereocenters. The average molecular weight is 389 g/mol. The van der Waals surface area contributed by atoms with Gasteiger partial charge in [-0.1, -0.05) is 32.0 Å². The summed E-state index contributed by atoms with van der Waals surface area (Å²) in [7, 11) is 0. The normalized spacial score (nSPS) is 13.6. The Balaban J connectivity index is 2.31. The van der Waals surface area contributed by atoms with E-state index in [1.54, 1.807) is 0 Å². The van der Waals surface area contributed by atoms with Gasteiger partial charge in [0.25, 0.3) is 0 Å². The lowest BCUT2D eigenvalue weighted by molar-refractivity contribution is 0.317. The molecule has 2 aromatic rings. The second-order valence-corrected chi connectivity index (χ2v) is 7.07. The zero-order chi connectivity index (χ0) is 14.2. The SMILES string of the molecule is CC(C)(C)c1nc(C(N)c2ccc(Br)c(Br)c2)no1. The molecule has 1 aromatic heterocycles. The highest BCUT2D eigenvalue weighted by Gasteiger charge is 2.24.